The van der Waals surface area contributed by atoms with Crippen molar-refractivity contribution in [3.8, 4) is 5.88 Å². The van der Waals surface area contributed by atoms with Gasteiger partial charge in [-0.2, -0.15) is 18.2 Å². The summed E-state index contributed by atoms with van der Waals surface area (Å²) < 4.78 is 45.6. The maximum absolute atomic E-state index is 13.4. The predicted octanol–water partition coefficient (Wildman–Crippen LogP) is 5.79. The van der Waals surface area contributed by atoms with Crippen molar-refractivity contribution in [3.63, 3.8) is 0 Å². The van der Waals surface area contributed by atoms with E-state index in [1.54, 1.807) is 36.2 Å². The summed E-state index contributed by atoms with van der Waals surface area (Å²) in [5.74, 6) is -0.349. The molecule has 7 heteroatoms. The summed E-state index contributed by atoms with van der Waals surface area (Å²) in [6.45, 7) is 2.07. The van der Waals surface area contributed by atoms with Crippen LogP contribution in [0.2, 0.25) is 0 Å². The summed E-state index contributed by atoms with van der Waals surface area (Å²) in [6, 6.07) is 16.8. The number of ether oxygens (including phenoxy) is 1. The summed E-state index contributed by atoms with van der Waals surface area (Å²) in [6.07, 6.45) is -1.92. The lowest BCUT2D eigenvalue weighted by atomic mass is 10.1. The van der Waals surface area contributed by atoms with E-state index in [-0.39, 0.29) is 12.6 Å². The van der Waals surface area contributed by atoms with Gasteiger partial charge in [-0.25, -0.2) is 4.98 Å². The molecule has 0 radical (unpaired) electrons. The Hall–Kier alpha value is -3.09. The van der Waals surface area contributed by atoms with Gasteiger partial charge in [-0.1, -0.05) is 55.8 Å². The second-order valence-electron chi connectivity index (χ2n) is 6.64. The zero-order chi connectivity index (χ0) is 20.9. The Morgan fingerprint density at radius 3 is 2.41 bits per heavy atom. The molecule has 0 aliphatic rings. The Morgan fingerprint density at radius 2 is 1.72 bits per heavy atom. The molecule has 1 aromatic heterocycles. The van der Waals surface area contributed by atoms with Crippen LogP contribution in [0.4, 0.5) is 24.8 Å². The van der Waals surface area contributed by atoms with Crippen LogP contribution in [0.5, 0.6) is 5.88 Å². The predicted molar refractivity (Wildman–Crippen MR) is 106 cm³/mol. The monoisotopic (exact) mass is 401 g/mol. The minimum atomic E-state index is -4.61. The van der Waals surface area contributed by atoms with Crippen LogP contribution in [0.25, 0.3) is 0 Å². The summed E-state index contributed by atoms with van der Waals surface area (Å²) in [5.41, 5.74) is 1.70. The lowest BCUT2D eigenvalue weighted by Crippen LogP contribution is -2.17. The number of benzene rings is 2. The van der Waals surface area contributed by atoms with Gasteiger partial charge in [0.25, 0.3) is 0 Å². The molecule has 0 saturated carbocycles. The van der Waals surface area contributed by atoms with Gasteiger partial charge in [-0.15, -0.1) is 0 Å². The van der Waals surface area contributed by atoms with E-state index in [0.29, 0.717) is 0 Å². The van der Waals surface area contributed by atoms with Gasteiger partial charge < -0.3 is 9.64 Å². The molecule has 0 N–H and O–H groups in total. The van der Waals surface area contributed by atoms with E-state index in [2.05, 4.69) is 16.9 Å². The van der Waals surface area contributed by atoms with E-state index in [1.807, 2.05) is 30.3 Å². The molecule has 0 saturated heterocycles. The van der Waals surface area contributed by atoms with Crippen molar-refractivity contribution in [1.29, 1.82) is 0 Å². The van der Waals surface area contributed by atoms with E-state index < -0.39 is 17.6 Å². The Balaban J connectivity index is 1.90. The molecule has 1 heterocycles. The minimum absolute atomic E-state index is 0.0178. The molecule has 3 rings (SSSR count). The highest BCUT2D eigenvalue weighted by Gasteiger charge is 2.36. The average molecular weight is 401 g/mol. The number of halogens is 3. The van der Waals surface area contributed by atoms with E-state index in [9.17, 15) is 13.2 Å². The minimum Gasteiger partial charge on any atom is -0.472 e. The number of rotatable bonds is 7. The van der Waals surface area contributed by atoms with Gasteiger partial charge >= 0.3 is 6.18 Å². The van der Waals surface area contributed by atoms with Crippen molar-refractivity contribution in [2.45, 2.75) is 32.5 Å². The second-order valence-corrected chi connectivity index (χ2v) is 6.64. The van der Waals surface area contributed by atoms with Gasteiger partial charge in [0.2, 0.25) is 11.8 Å². The molecule has 0 unspecified atom stereocenters. The van der Waals surface area contributed by atoms with Crippen LogP contribution in [0.1, 0.15) is 30.0 Å². The molecule has 152 valence electrons. The van der Waals surface area contributed by atoms with Gasteiger partial charge in [-0.05, 0) is 29.7 Å². The first-order valence-electron chi connectivity index (χ1n) is 9.32. The highest BCUT2D eigenvalue weighted by atomic mass is 19.4. The van der Waals surface area contributed by atoms with Crippen LogP contribution < -0.4 is 9.64 Å². The fourth-order valence-corrected chi connectivity index (χ4v) is 2.87. The first-order chi connectivity index (χ1) is 13.9. The lowest BCUT2D eigenvalue weighted by molar-refractivity contribution is -0.139. The van der Waals surface area contributed by atoms with Gasteiger partial charge in [-0.3, -0.25) is 0 Å². The highest BCUT2D eigenvalue weighted by molar-refractivity contribution is 5.58. The average Bonchev–Trinajstić information content (AvgIpc) is 2.72. The second kappa shape index (κ2) is 8.94. The largest absolute Gasteiger partial charge is 0.472 e. The van der Waals surface area contributed by atoms with Crippen molar-refractivity contribution >= 4 is 11.6 Å². The molecule has 0 spiro atoms. The topological polar surface area (TPSA) is 38.2 Å². The van der Waals surface area contributed by atoms with Crippen LogP contribution >= 0.6 is 0 Å². The van der Waals surface area contributed by atoms with Gasteiger partial charge in [0, 0.05) is 18.9 Å². The highest BCUT2D eigenvalue weighted by Crippen LogP contribution is 2.36. The maximum atomic E-state index is 13.4. The van der Waals surface area contributed by atoms with Crippen LogP contribution in [0.15, 0.2) is 60.8 Å². The molecule has 0 bridgehead atoms. The van der Waals surface area contributed by atoms with E-state index in [4.69, 9.17) is 4.74 Å². The number of alkyl halides is 3. The smallest absolute Gasteiger partial charge is 0.423 e. The quantitative estimate of drug-likeness (QED) is 0.502. The number of hydrogen-bond donors (Lipinski definition) is 0. The molecular weight excluding hydrogens is 379 g/mol. The molecule has 2 aromatic carbocycles. The van der Waals surface area contributed by atoms with E-state index >= 15 is 0 Å². The zero-order valence-corrected chi connectivity index (χ0v) is 16.3. The van der Waals surface area contributed by atoms with Gasteiger partial charge in [0.05, 0.1) is 0 Å². The molecule has 0 aliphatic heterocycles. The summed E-state index contributed by atoms with van der Waals surface area (Å²) in [4.78, 5) is 9.65. The Morgan fingerprint density at radius 1 is 1.00 bits per heavy atom. The van der Waals surface area contributed by atoms with Crippen LogP contribution in [0, 0.1) is 0 Å². The molecule has 0 amide bonds. The summed E-state index contributed by atoms with van der Waals surface area (Å²) in [7, 11) is 1.72. The molecule has 0 fully saturated rings. The number of aromatic nitrogens is 2. The van der Waals surface area contributed by atoms with Crippen LogP contribution in [0.3, 0.4) is 0 Å². The van der Waals surface area contributed by atoms with Gasteiger partial charge in [0.15, 0.2) is 0 Å². The Kier molecular flexibility index (Phi) is 6.36. The van der Waals surface area contributed by atoms with Crippen molar-refractivity contribution in [2.24, 2.45) is 0 Å². The third-order valence-corrected chi connectivity index (χ3v) is 4.40. The maximum Gasteiger partial charge on any atom is 0.423 e. The standard InChI is InChI=1S/C22H22F3N3O/c1-3-8-16-11-7-12-18(13-16)28(2)21-26-14-19(22(23,24)25)20(27-21)29-15-17-9-5-4-6-10-17/h4-7,9-14H,3,8,15H2,1-2H3. The Labute approximate surface area is 168 Å². The van der Waals surface area contributed by atoms with Gasteiger partial charge in [0.1, 0.15) is 12.2 Å². The molecule has 0 aliphatic carbocycles. The zero-order valence-electron chi connectivity index (χ0n) is 16.3. The summed E-state index contributed by atoms with van der Waals surface area (Å²) in [5, 5.41) is 0. The van der Waals surface area contributed by atoms with E-state index in [0.717, 1.165) is 35.9 Å². The fraction of sp³-hybridized carbons (Fsp3) is 0.273. The van der Waals surface area contributed by atoms with Crippen molar-refractivity contribution < 1.29 is 17.9 Å². The number of hydrogen-bond acceptors (Lipinski definition) is 4. The number of aryl methyl sites for hydroxylation is 1. The fourth-order valence-electron chi connectivity index (χ4n) is 2.87. The molecule has 29 heavy (non-hydrogen) atoms. The Bertz CT molecular complexity index is 946. The summed E-state index contributed by atoms with van der Waals surface area (Å²) >= 11 is 0. The molecular formula is C22H22F3N3O. The van der Waals surface area contributed by atoms with Crippen molar-refractivity contribution in [3.05, 3.63) is 77.5 Å². The normalized spacial score (nSPS) is 11.3. The SMILES string of the molecule is CCCc1cccc(N(C)c2ncc(C(F)(F)F)c(OCc3ccccc3)n2)c1. The van der Waals surface area contributed by atoms with Crippen LogP contribution in [-0.4, -0.2) is 17.0 Å². The third-order valence-electron chi connectivity index (χ3n) is 4.40. The molecule has 0 atom stereocenters. The lowest BCUT2D eigenvalue weighted by Gasteiger charge is -2.20. The van der Waals surface area contributed by atoms with Crippen molar-refractivity contribution in [2.75, 3.05) is 11.9 Å². The number of anilines is 2. The van der Waals surface area contributed by atoms with Crippen LogP contribution in [-0.2, 0) is 19.2 Å². The first kappa shape index (κ1) is 20.6. The third kappa shape index (κ3) is 5.25. The molecule has 3 aromatic rings. The number of nitrogens with zero attached hydrogens (tertiary/aromatic N) is 3. The van der Waals surface area contributed by atoms with Crippen molar-refractivity contribution in [1.82, 2.24) is 9.97 Å². The van der Waals surface area contributed by atoms with E-state index in [1.165, 1.54) is 0 Å². The molecule has 4 nitrogen and oxygen atoms in total. The first-order valence-corrected chi connectivity index (χ1v) is 9.32.